The molecule has 2 fully saturated rings. The van der Waals surface area contributed by atoms with Crippen molar-refractivity contribution in [2.24, 2.45) is 35.5 Å². The number of nitrogens with zero attached hydrogens (tertiary/aromatic N) is 2. The first kappa shape index (κ1) is 33.6. The molecule has 0 N–H and O–H groups in total. The van der Waals surface area contributed by atoms with Crippen LogP contribution in [0.15, 0.2) is 24.3 Å². The molecule has 2 saturated carbocycles. The third-order valence-corrected chi connectivity index (χ3v) is 9.81. The molecule has 4 rings (SSSR count). The molecule has 0 aromatic heterocycles. The number of rotatable bonds is 18. The van der Waals surface area contributed by atoms with E-state index in [0.29, 0.717) is 94.4 Å². The van der Waals surface area contributed by atoms with E-state index in [1.807, 2.05) is 0 Å². The quantitative estimate of drug-likeness (QED) is 0.127. The van der Waals surface area contributed by atoms with Crippen molar-refractivity contribution in [3.63, 3.8) is 0 Å². The van der Waals surface area contributed by atoms with Crippen molar-refractivity contribution in [1.82, 2.24) is 9.80 Å². The van der Waals surface area contributed by atoms with E-state index in [1.165, 1.54) is 40.5 Å². The normalized spacial score (nSPS) is 26.6. The van der Waals surface area contributed by atoms with Crippen LogP contribution in [0.3, 0.4) is 0 Å². The Bertz CT molecular complexity index is 1110. The van der Waals surface area contributed by atoms with Crippen LogP contribution in [0, 0.1) is 35.5 Å². The lowest BCUT2D eigenvalue weighted by Gasteiger charge is -2.23. The summed E-state index contributed by atoms with van der Waals surface area (Å²) in [7, 11) is 0. The zero-order chi connectivity index (χ0) is 31.6. The highest BCUT2D eigenvalue weighted by atomic mass is 16.5. The second kappa shape index (κ2) is 16.1. The first-order chi connectivity index (χ1) is 21.1. The molecular formula is C34H48N2O8. The molecular weight excluding hydrogens is 564 g/mol. The summed E-state index contributed by atoms with van der Waals surface area (Å²) in [6, 6.07) is 0. The fourth-order valence-corrected chi connectivity index (χ4v) is 7.56. The van der Waals surface area contributed by atoms with Crippen LogP contribution in [0.25, 0.3) is 0 Å². The van der Waals surface area contributed by atoms with Gasteiger partial charge in [0.25, 0.3) is 23.6 Å². The van der Waals surface area contributed by atoms with Crippen molar-refractivity contribution in [2.45, 2.75) is 90.9 Å². The Labute approximate surface area is 260 Å². The van der Waals surface area contributed by atoms with Crippen LogP contribution in [0.1, 0.15) is 90.9 Å². The lowest BCUT2D eigenvalue weighted by molar-refractivity contribution is -0.146. The number of amides is 4. The highest BCUT2D eigenvalue weighted by Crippen LogP contribution is 2.54. The Morgan fingerprint density at radius 3 is 1.77 bits per heavy atom. The predicted molar refractivity (Wildman–Crippen MR) is 161 cm³/mol. The van der Waals surface area contributed by atoms with Gasteiger partial charge >= 0.3 is 11.9 Å². The van der Waals surface area contributed by atoms with Gasteiger partial charge in [-0.3, -0.25) is 38.6 Å². The summed E-state index contributed by atoms with van der Waals surface area (Å²) in [4.78, 5) is 73.4. The van der Waals surface area contributed by atoms with Gasteiger partial charge in [0.15, 0.2) is 0 Å². The molecule has 242 valence electrons. The summed E-state index contributed by atoms with van der Waals surface area (Å²) in [5, 5.41) is 0. The smallest absolute Gasteiger partial charge is 0.305 e. The minimum absolute atomic E-state index is 0.175. The highest BCUT2D eigenvalue weighted by Gasteiger charge is 2.47. The molecule has 6 atom stereocenters. The SMILES string of the molecule is CC(COC(=O)CCCCCN1C(=O)C=CC1=O)CC1CC(C)C2CC(COC(=O)CCCCCN3C(=O)C=CC3=O)CC12. The molecule has 2 aliphatic heterocycles. The standard InChI is InChI=1S/C34H48N2O8/c1-23(21-43-33(41)9-5-3-7-15-35-29(37)11-12-30(35)38)17-26-18-24(2)27-19-25(20-28(26)27)22-44-34(42)10-6-4-8-16-36-31(39)13-14-32(36)40/h11-14,23-28H,3-10,15-22H2,1-2H3. The predicted octanol–water partition coefficient (Wildman–Crippen LogP) is 4.37. The van der Waals surface area contributed by atoms with Crippen molar-refractivity contribution >= 4 is 35.6 Å². The number of ether oxygens (including phenoxy) is 2. The Hall–Kier alpha value is -3.30. The van der Waals surface area contributed by atoms with Crippen molar-refractivity contribution in [2.75, 3.05) is 26.3 Å². The summed E-state index contributed by atoms with van der Waals surface area (Å²) >= 11 is 0. The lowest BCUT2D eigenvalue weighted by atomic mass is 9.85. The molecule has 0 saturated heterocycles. The third kappa shape index (κ3) is 9.35. The van der Waals surface area contributed by atoms with Crippen molar-refractivity contribution < 1.29 is 38.2 Å². The minimum Gasteiger partial charge on any atom is -0.465 e. The van der Waals surface area contributed by atoms with Crippen LogP contribution in [0.5, 0.6) is 0 Å². The van der Waals surface area contributed by atoms with Crippen LogP contribution < -0.4 is 0 Å². The lowest BCUT2D eigenvalue weighted by Crippen LogP contribution is -2.30. The van der Waals surface area contributed by atoms with Gasteiger partial charge in [0.1, 0.15) is 0 Å². The van der Waals surface area contributed by atoms with Crippen LogP contribution in [0.4, 0.5) is 0 Å². The minimum atomic E-state index is -0.269. The van der Waals surface area contributed by atoms with Crippen LogP contribution in [-0.2, 0) is 38.2 Å². The molecule has 0 bridgehead atoms. The van der Waals surface area contributed by atoms with Gasteiger partial charge in [-0.05, 0) is 86.9 Å². The van der Waals surface area contributed by atoms with Gasteiger partial charge < -0.3 is 9.47 Å². The highest BCUT2D eigenvalue weighted by molar-refractivity contribution is 6.13. The number of fused-ring (bicyclic) bond motifs is 1. The third-order valence-electron chi connectivity index (χ3n) is 9.81. The molecule has 4 aliphatic rings. The van der Waals surface area contributed by atoms with E-state index in [2.05, 4.69) is 13.8 Å². The van der Waals surface area contributed by atoms with Crippen molar-refractivity contribution in [3.05, 3.63) is 24.3 Å². The number of carbonyl (C=O) groups is 6. The number of hydrogen-bond acceptors (Lipinski definition) is 8. The van der Waals surface area contributed by atoms with E-state index in [-0.39, 0.29) is 41.5 Å². The Morgan fingerprint density at radius 2 is 1.23 bits per heavy atom. The Kier molecular flexibility index (Phi) is 12.3. The van der Waals surface area contributed by atoms with Crippen LogP contribution in [0.2, 0.25) is 0 Å². The van der Waals surface area contributed by atoms with Gasteiger partial charge in [-0.2, -0.15) is 0 Å². The summed E-state index contributed by atoms with van der Waals surface area (Å²) < 4.78 is 11.2. The van der Waals surface area contributed by atoms with Crippen molar-refractivity contribution in [3.8, 4) is 0 Å². The van der Waals surface area contributed by atoms with E-state index in [9.17, 15) is 28.8 Å². The average Bonchev–Trinajstić information content (AvgIpc) is 3.72. The van der Waals surface area contributed by atoms with Gasteiger partial charge in [0, 0.05) is 50.2 Å². The zero-order valence-electron chi connectivity index (χ0n) is 26.2. The molecule has 0 spiro atoms. The van der Waals surface area contributed by atoms with E-state index >= 15 is 0 Å². The fourth-order valence-electron chi connectivity index (χ4n) is 7.56. The van der Waals surface area contributed by atoms with Gasteiger partial charge in [-0.25, -0.2) is 0 Å². The largest absolute Gasteiger partial charge is 0.465 e. The van der Waals surface area contributed by atoms with E-state index < -0.39 is 0 Å². The van der Waals surface area contributed by atoms with Crippen molar-refractivity contribution in [1.29, 1.82) is 0 Å². The number of imide groups is 2. The monoisotopic (exact) mass is 612 g/mol. The van der Waals surface area contributed by atoms with Gasteiger partial charge in [0.05, 0.1) is 13.2 Å². The summed E-state index contributed by atoms with van der Waals surface area (Å²) in [6.07, 6.45) is 14.5. The maximum atomic E-state index is 12.3. The topological polar surface area (TPSA) is 127 Å². The molecule has 10 nitrogen and oxygen atoms in total. The van der Waals surface area contributed by atoms with Crippen LogP contribution >= 0.6 is 0 Å². The van der Waals surface area contributed by atoms with E-state index in [1.54, 1.807) is 0 Å². The molecule has 44 heavy (non-hydrogen) atoms. The fraction of sp³-hybridized carbons (Fsp3) is 0.706. The number of hydrogen-bond donors (Lipinski definition) is 0. The number of unbranched alkanes of at least 4 members (excludes halogenated alkanes) is 4. The number of carbonyl (C=O) groups excluding carboxylic acids is 6. The molecule has 6 unspecified atom stereocenters. The molecule has 2 heterocycles. The maximum Gasteiger partial charge on any atom is 0.305 e. The molecule has 0 aromatic carbocycles. The molecule has 2 aliphatic carbocycles. The molecule has 0 aromatic rings. The second-order valence-corrected chi connectivity index (χ2v) is 13.3. The summed E-state index contributed by atoms with van der Waals surface area (Å²) in [5.41, 5.74) is 0. The summed E-state index contributed by atoms with van der Waals surface area (Å²) in [5.74, 6) is 1.76. The Balaban J connectivity index is 1.04. The Morgan fingerprint density at radius 1 is 0.727 bits per heavy atom. The molecule has 10 heteroatoms. The first-order valence-electron chi connectivity index (χ1n) is 16.5. The number of esters is 2. The average molecular weight is 613 g/mol. The molecule has 0 radical (unpaired) electrons. The van der Waals surface area contributed by atoms with E-state index in [4.69, 9.17) is 9.47 Å². The first-order valence-corrected chi connectivity index (χ1v) is 16.5. The zero-order valence-corrected chi connectivity index (χ0v) is 26.2. The maximum absolute atomic E-state index is 12.3. The summed E-state index contributed by atoms with van der Waals surface area (Å²) in [6.45, 7) is 6.15. The molecule has 4 amide bonds. The van der Waals surface area contributed by atoms with E-state index in [0.717, 1.165) is 32.1 Å². The van der Waals surface area contributed by atoms with Crippen LogP contribution in [-0.4, -0.2) is 71.7 Å². The van der Waals surface area contributed by atoms with Gasteiger partial charge in [0.2, 0.25) is 0 Å². The van der Waals surface area contributed by atoms with Gasteiger partial charge in [-0.15, -0.1) is 0 Å². The second-order valence-electron chi connectivity index (χ2n) is 13.3. The van der Waals surface area contributed by atoms with Gasteiger partial charge in [-0.1, -0.05) is 26.7 Å².